The zero-order valence-electron chi connectivity index (χ0n) is 10.5. The fourth-order valence-corrected chi connectivity index (χ4v) is 2.31. The number of nitrogens with one attached hydrogen (secondary N) is 1. The second kappa shape index (κ2) is 5.87. The molecule has 4 heteroatoms. The number of rotatable bonds is 4. The lowest BCUT2D eigenvalue weighted by atomic mass is 10.1. The van der Waals surface area contributed by atoms with Gasteiger partial charge in [-0.05, 0) is 38.9 Å². The van der Waals surface area contributed by atoms with E-state index in [1.807, 2.05) is 12.1 Å². The number of nitrogen functional groups attached to an aromatic ring is 1. The van der Waals surface area contributed by atoms with Gasteiger partial charge in [-0.2, -0.15) is 0 Å². The molecule has 17 heavy (non-hydrogen) atoms. The molecular formula is C13H22N4. The van der Waals surface area contributed by atoms with Crippen LogP contribution in [0.4, 0.5) is 11.5 Å². The number of nitrogens with two attached hydrogens (primary N) is 1. The molecule has 2 heterocycles. The average Bonchev–Trinajstić information content (AvgIpc) is 2.37. The Bertz CT molecular complexity index is 347. The first-order chi connectivity index (χ1) is 8.25. The Labute approximate surface area is 103 Å². The molecule has 1 aromatic heterocycles. The molecule has 0 aromatic carbocycles. The van der Waals surface area contributed by atoms with E-state index < -0.39 is 0 Å². The summed E-state index contributed by atoms with van der Waals surface area (Å²) < 4.78 is 0. The molecule has 1 unspecified atom stereocenters. The van der Waals surface area contributed by atoms with Crippen LogP contribution in [0.1, 0.15) is 26.2 Å². The molecule has 1 aromatic rings. The second-order valence-corrected chi connectivity index (χ2v) is 4.80. The molecule has 1 fully saturated rings. The quantitative estimate of drug-likeness (QED) is 0.836. The number of nitrogens with zero attached hydrogens (tertiary/aromatic N) is 2. The van der Waals surface area contributed by atoms with Gasteiger partial charge in [0.05, 0.1) is 0 Å². The van der Waals surface area contributed by atoms with Crippen LogP contribution in [-0.4, -0.2) is 35.6 Å². The summed E-state index contributed by atoms with van der Waals surface area (Å²) in [5.41, 5.74) is 6.70. The molecule has 0 spiro atoms. The minimum absolute atomic E-state index is 0.570. The number of aromatic nitrogens is 1. The minimum atomic E-state index is 0.570. The monoisotopic (exact) mass is 234 g/mol. The van der Waals surface area contributed by atoms with Crippen LogP contribution in [0.15, 0.2) is 18.3 Å². The Kier molecular flexibility index (Phi) is 4.20. The molecule has 0 saturated carbocycles. The van der Waals surface area contributed by atoms with Gasteiger partial charge in [0.25, 0.3) is 0 Å². The summed E-state index contributed by atoms with van der Waals surface area (Å²) >= 11 is 0. The molecule has 0 radical (unpaired) electrons. The normalized spacial score (nSPS) is 18.9. The number of hydrogen-bond donors (Lipinski definition) is 2. The first-order valence-electron chi connectivity index (χ1n) is 6.45. The zero-order valence-corrected chi connectivity index (χ0v) is 10.5. The van der Waals surface area contributed by atoms with Crippen molar-refractivity contribution in [3.63, 3.8) is 0 Å². The van der Waals surface area contributed by atoms with Gasteiger partial charge in [-0.3, -0.25) is 4.90 Å². The molecule has 0 bridgehead atoms. The highest BCUT2D eigenvalue weighted by Crippen LogP contribution is 2.13. The molecular weight excluding hydrogens is 212 g/mol. The lowest BCUT2D eigenvalue weighted by Gasteiger charge is -2.32. The van der Waals surface area contributed by atoms with Crippen LogP contribution in [-0.2, 0) is 0 Å². The largest absolute Gasteiger partial charge is 0.384 e. The van der Waals surface area contributed by atoms with E-state index in [1.54, 1.807) is 6.20 Å². The van der Waals surface area contributed by atoms with Crippen molar-refractivity contribution in [2.45, 2.75) is 32.2 Å². The maximum atomic E-state index is 5.65. The fourth-order valence-electron chi connectivity index (χ4n) is 2.31. The highest BCUT2D eigenvalue weighted by molar-refractivity contribution is 5.49. The lowest BCUT2D eigenvalue weighted by Crippen LogP contribution is -2.41. The number of hydrogen-bond acceptors (Lipinski definition) is 4. The Morgan fingerprint density at radius 2 is 2.18 bits per heavy atom. The Hall–Kier alpha value is -1.29. The Morgan fingerprint density at radius 3 is 2.88 bits per heavy atom. The maximum Gasteiger partial charge on any atom is 0.125 e. The van der Waals surface area contributed by atoms with Crippen LogP contribution in [0.2, 0.25) is 0 Å². The first-order valence-corrected chi connectivity index (χ1v) is 6.45. The van der Waals surface area contributed by atoms with E-state index in [0.29, 0.717) is 11.9 Å². The van der Waals surface area contributed by atoms with Crippen LogP contribution in [0.5, 0.6) is 0 Å². The molecule has 94 valence electrons. The topological polar surface area (TPSA) is 54.2 Å². The summed E-state index contributed by atoms with van der Waals surface area (Å²) in [5.74, 6) is 0.570. The van der Waals surface area contributed by atoms with Crippen LogP contribution in [0.25, 0.3) is 0 Å². The van der Waals surface area contributed by atoms with Gasteiger partial charge in [0.15, 0.2) is 0 Å². The van der Waals surface area contributed by atoms with Crippen LogP contribution in [0.3, 0.4) is 0 Å². The average molecular weight is 234 g/mol. The van der Waals surface area contributed by atoms with E-state index in [-0.39, 0.29) is 0 Å². The van der Waals surface area contributed by atoms with Gasteiger partial charge in [-0.15, -0.1) is 0 Å². The molecule has 0 aliphatic carbocycles. The number of likely N-dealkylation sites (tertiary alicyclic amines) is 1. The summed E-state index contributed by atoms with van der Waals surface area (Å²) in [7, 11) is 0. The van der Waals surface area contributed by atoms with Crippen LogP contribution in [0, 0.1) is 0 Å². The highest BCUT2D eigenvalue weighted by Gasteiger charge is 2.15. The summed E-state index contributed by atoms with van der Waals surface area (Å²) in [6, 6.07) is 4.41. The van der Waals surface area contributed by atoms with Crippen molar-refractivity contribution < 1.29 is 0 Å². The van der Waals surface area contributed by atoms with Crippen molar-refractivity contribution in [2.24, 2.45) is 0 Å². The molecule has 1 atom stereocenters. The van der Waals surface area contributed by atoms with Gasteiger partial charge >= 0.3 is 0 Å². The maximum absolute atomic E-state index is 5.65. The van der Waals surface area contributed by atoms with Crippen LogP contribution < -0.4 is 11.1 Å². The predicted molar refractivity (Wildman–Crippen MR) is 72.0 cm³/mol. The van der Waals surface area contributed by atoms with E-state index in [2.05, 4.69) is 22.1 Å². The molecule has 0 amide bonds. The van der Waals surface area contributed by atoms with E-state index in [4.69, 9.17) is 5.73 Å². The standard InChI is InChI=1S/C13H22N4/c1-11(17-7-3-2-4-8-17)10-16-12-5-6-15-13(14)9-12/h5-6,9,11H,2-4,7-8,10H2,1H3,(H3,14,15,16). The van der Waals surface area contributed by atoms with E-state index in [0.717, 1.165) is 12.2 Å². The molecule has 1 aliphatic rings. The fraction of sp³-hybridized carbons (Fsp3) is 0.615. The van der Waals surface area contributed by atoms with Crippen molar-refractivity contribution in [3.05, 3.63) is 18.3 Å². The smallest absolute Gasteiger partial charge is 0.125 e. The van der Waals surface area contributed by atoms with Crippen molar-refractivity contribution in [3.8, 4) is 0 Å². The van der Waals surface area contributed by atoms with E-state index in [1.165, 1.54) is 32.4 Å². The number of anilines is 2. The van der Waals surface area contributed by atoms with Gasteiger partial charge in [0.1, 0.15) is 5.82 Å². The third kappa shape index (κ3) is 3.60. The number of pyridine rings is 1. The van der Waals surface area contributed by atoms with E-state index >= 15 is 0 Å². The molecule has 1 aliphatic heterocycles. The third-order valence-corrected chi connectivity index (χ3v) is 3.40. The third-order valence-electron chi connectivity index (χ3n) is 3.40. The summed E-state index contributed by atoms with van der Waals surface area (Å²) in [4.78, 5) is 6.54. The summed E-state index contributed by atoms with van der Waals surface area (Å²) in [5, 5.41) is 3.42. The summed E-state index contributed by atoms with van der Waals surface area (Å²) in [6.07, 6.45) is 5.81. The Morgan fingerprint density at radius 1 is 1.41 bits per heavy atom. The molecule has 2 rings (SSSR count). The van der Waals surface area contributed by atoms with Gasteiger partial charge in [0.2, 0.25) is 0 Å². The predicted octanol–water partition coefficient (Wildman–Crippen LogP) is 1.95. The minimum Gasteiger partial charge on any atom is -0.384 e. The lowest BCUT2D eigenvalue weighted by molar-refractivity contribution is 0.180. The molecule has 4 nitrogen and oxygen atoms in total. The molecule has 1 saturated heterocycles. The van der Waals surface area contributed by atoms with Gasteiger partial charge in [-0.1, -0.05) is 6.42 Å². The van der Waals surface area contributed by atoms with E-state index in [9.17, 15) is 0 Å². The Balaban J connectivity index is 1.80. The van der Waals surface area contributed by atoms with Gasteiger partial charge < -0.3 is 11.1 Å². The number of piperidine rings is 1. The van der Waals surface area contributed by atoms with Gasteiger partial charge in [0, 0.05) is 30.5 Å². The van der Waals surface area contributed by atoms with Crippen molar-refractivity contribution >= 4 is 11.5 Å². The second-order valence-electron chi connectivity index (χ2n) is 4.80. The summed E-state index contributed by atoms with van der Waals surface area (Å²) in [6.45, 7) is 5.72. The van der Waals surface area contributed by atoms with Crippen molar-refractivity contribution in [1.29, 1.82) is 0 Å². The SMILES string of the molecule is CC(CNc1ccnc(N)c1)N1CCCCC1. The van der Waals surface area contributed by atoms with Crippen molar-refractivity contribution in [2.75, 3.05) is 30.7 Å². The van der Waals surface area contributed by atoms with Gasteiger partial charge in [-0.25, -0.2) is 4.98 Å². The zero-order chi connectivity index (χ0) is 12.1. The molecule has 3 N–H and O–H groups in total. The highest BCUT2D eigenvalue weighted by atomic mass is 15.2. The van der Waals surface area contributed by atoms with Crippen LogP contribution >= 0.6 is 0 Å². The van der Waals surface area contributed by atoms with Crippen molar-refractivity contribution in [1.82, 2.24) is 9.88 Å². The first kappa shape index (κ1) is 12.2.